The molecule has 9 heteroatoms. The molecule has 0 aliphatic rings. The van der Waals surface area contributed by atoms with Crippen LogP contribution in [0.3, 0.4) is 0 Å². The minimum absolute atomic E-state index is 0.0552. The first-order chi connectivity index (χ1) is 13.5. The van der Waals surface area contributed by atoms with Crippen LogP contribution in [0.4, 0.5) is 0 Å². The van der Waals surface area contributed by atoms with Crippen molar-refractivity contribution in [2.45, 2.75) is 39.4 Å². The Balaban J connectivity index is 2.12. The van der Waals surface area contributed by atoms with Crippen LogP contribution >= 0.6 is 0 Å². The first kappa shape index (κ1) is 19.4. The van der Waals surface area contributed by atoms with Crippen molar-refractivity contribution in [2.24, 2.45) is 5.73 Å². The van der Waals surface area contributed by atoms with Gasteiger partial charge >= 0.3 is 5.69 Å². The van der Waals surface area contributed by atoms with E-state index in [1.54, 1.807) is 18.0 Å². The molecule has 28 heavy (non-hydrogen) atoms. The molecule has 2 heterocycles. The molecule has 148 valence electrons. The Hall–Kier alpha value is -3.36. The molecule has 0 spiro atoms. The number of nitrogens with two attached hydrogens (primary N) is 1. The van der Waals surface area contributed by atoms with E-state index in [1.807, 2.05) is 31.2 Å². The number of hydrogen-bond donors (Lipinski definition) is 1. The lowest BCUT2D eigenvalue weighted by molar-refractivity contribution is -0.118. The fourth-order valence-corrected chi connectivity index (χ4v) is 3.13. The summed E-state index contributed by atoms with van der Waals surface area (Å²) < 4.78 is 9.42. The third-order valence-corrected chi connectivity index (χ3v) is 4.52. The van der Waals surface area contributed by atoms with E-state index in [-0.39, 0.29) is 13.0 Å². The lowest BCUT2D eigenvalue weighted by Crippen LogP contribution is -2.41. The maximum atomic E-state index is 13.0. The van der Waals surface area contributed by atoms with Gasteiger partial charge in [-0.1, -0.05) is 19.1 Å². The van der Waals surface area contributed by atoms with Gasteiger partial charge in [-0.2, -0.15) is 0 Å². The van der Waals surface area contributed by atoms with E-state index < -0.39 is 17.2 Å². The molecule has 9 nitrogen and oxygen atoms in total. The van der Waals surface area contributed by atoms with Crippen molar-refractivity contribution in [1.29, 1.82) is 0 Å². The summed E-state index contributed by atoms with van der Waals surface area (Å²) in [6, 6.07) is 7.48. The standard InChI is InChI=1S/C19H23N5O4/c1-3-9-23-17-16(18(26)24(19(23)27)10-8-15(20)25)22(12-21-17)11-13-4-6-14(28-2)7-5-13/h4-7,12H,3,8-11H2,1-2H3,(H2,20,25). The van der Waals surface area contributed by atoms with Crippen LogP contribution in [-0.4, -0.2) is 31.7 Å². The minimum atomic E-state index is -0.569. The molecule has 3 rings (SSSR count). The molecule has 0 fully saturated rings. The summed E-state index contributed by atoms with van der Waals surface area (Å²) in [7, 11) is 1.60. The molecule has 0 unspecified atom stereocenters. The number of amides is 1. The molecule has 1 amide bonds. The fraction of sp³-hybridized carbons (Fsp3) is 0.368. The smallest absolute Gasteiger partial charge is 0.332 e. The number of aryl methyl sites for hydroxylation is 1. The number of carbonyl (C=O) groups excluding carboxylic acids is 1. The van der Waals surface area contributed by atoms with Crippen LogP contribution in [0.2, 0.25) is 0 Å². The minimum Gasteiger partial charge on any atom is -0.497 e. The zero-order valence-electron chi connectivity index (χ0n) is 15.9. The number of fused-ring (bicyclic) bond motifs is 1. The zero-order chi connectivity index (χ0) is 20.3. The zero-order valence-corrected chi connectivity index (χ0v) is 15.9. The van der Waals surface area contributed by atoms with Gasteiger partial charge in [0.25, 0.3) is 5.56 Å². The molecule has 0 radical (unpaired) electrons. The molecule has 2 aromatic heterocycles. The van der Waals surface area contributed by atoms with Crippen molar-refractivity contribution in [2.75, 3.05) is 7.11 Å². The largest absolute Gasteiger partial charge is 0.497 e. The third-order valence-electron chi connectivity index (χ3n) is 4.52. The lowest BCUT2D eigenvalue weighted by atomic mass is 10.2. The average Bonchev–Trinajstić information content (AvgIpc) is 3.09. The molecule has 0 bridgehead atoms. The second-order valence-electron chi connectivity index (χ2n) is 6.50. The second kappa shape index (κ2) is 8.12. The van der Waals surface area contributed by atoms with Crippen molar-refractivity contribution in [3.8, 4) is 5.75 Å². The van der Waals surface area contributed by atoms with Gasteiger partial charge in [0.2, 0.25) is 5.91 Å². The Labute approximate surface area is 161 Å². The van der Waals surface area contributed by atoms with Crippen LogP contribution in [0.5, 0.6) is 5.75 Å². The topological polar surface area (TPSA) is 114 Å². The third kappa shape index (κ3) is 3.68. The van der Waals surface area contributed by atoms with Gasteiger partial charge in [-0.15, -0.1) is 0 Å². The number of benzene rings is 1. The number of aromatic nitrogens is 4. The van der Waals surface area contributed by atoms with Crippen LogP contribution < -0.4 is 21.7 Å². The van der Waals surface area contributed by atoms with E-state index in [1.165, 1.54) is 4.57 Å². The van der Waals surface area contributed by atoms with Crippen LogP contribution in [0.1, 0.15) is 25.3 Å². The fourth-order valence-electron chi connectivity index (χ4n) is 3.13. The van der Waals surface area contributed by atoms with Gasteiger partial charge in [-0.05, 0) is 24.1 Å². The van der Waals surface area contributed by atoms with Gasteiger partial charge in [0.05, 0.1) is 13.4 Å². The molecular formula is C19H23N5O4. The van der Waals surface area contributed by atoms with Gasteiger partial charge < -0.3 is 15.0 Å². The van der Waals surface area contributed by atoms with Crippen LogP contribution in [-0.2, 0) is 24.4 Å². The molecule has 0 aliphatic heterocycles. The number of nitrogens with zero attached hydrogens (tertiary/aromatic N) is 4. The van der Waals surface area contributed by atoms with Gasteiger partial charge in [0.15, 0.2) is 11.2 Å². The SMILES string of the molecule is CCCn1c(=O)n(CCC(N)=O)c(=O)c2c1ncn2Cc1ccc(OC)cc1. The Morgan fingerprint density at radius 3 is 2.46 bits per heavy atom. The predicted molar refractivity (Wildman–Crippen MR) is 104 cm³/mol. The normalized spacial score (nSPS) is 11.1. The summed E-state index contributed by atoms with van der Waals surface area (Å²) >= 11 is 0. The van der Waals surface area contributed by atoms with E-state index in [4.69, 9.17) is 10.5 Å². The van der Waals surface area contributed by atoms with Crippen LogP contribution in [0.25, 0.3) is 11.2 Å². The van der Waals surface area contributed by atoms with Gasteiger partial charge in [-0.25, -0.2) is 9.78 Å². The Bertz CT molecular complexity index is 1110. The molecule has 1 aromatic carbocycles. The quantitative estimate of drug-likeness (QED) is 0.613. The molecule has 0 aliphatic carbocycles. The maximum Gasteiger partial charge on any atom is 0.332 e. The maximum absolute atomic E-state index is 13.0. The predicted octanol–water partition coefficient (Wildman–Crippen LogP) is 0.702. The van der Waals surface area contributed by atoms with Crippen molar-refractivity contribution in [1.82, 2.24) is 18.7 Å². The van der Waals surface area contributed by atoms with Crippen molar-refractivity contribution < 1.29 is 9.53 Å². The van der Waals surface area contributed by atoms with Gasteiger partial charge in [-0.3, -0.25) is 18.7 Å². The number of carbonyl (C=O) groups is 1. The monoisotopic (exact) mass is 385 g/mol. The highest BCUT2D eigenvalue weighted by Gasteiger charge is 2.18. The molecule has 0 saturated heterocycles. The highest BCUT2D eigenvalue weighted by molar-refractivity contribution is 5.74. The summed E-state index contributed by atoms with van der Waals surface area (Å²) in [6.45, 7) is 2.72. The van der Waals surface area contributed by atoms with Crippen molar-refractivity contribution in [3.63, 3.8) is 0 Å². The Morgan fingerprint density at radius 1 is 1.14 bits per heavy atom. The lowest BCUT2D eigenvalue weighted by Gasteiger charge is -2.12. The summed E-state index contributed by atoms with van der Waals surface area (Å²) in [5.74, 6) is 0.171. The molecule has 3 aromatic rings. The van der Waals surface area contributed by atoms with Crippen molar-refractivity contribution >= 4 is 17.1 Å². The number of primary amides is 1. The molecule has 0 atom stereocenters. The number of hydrogen-bond acceptors (Lipinski definition) is 5. The molecule has 2 N–H and O–H groups in total. The van der Waals surface area contributed by atoms with Crippen LogP contribution in [0, 0.1) is 0 Å². The highest BCUT2D eigenvalue weighted by Crippen LogP contribution is 2.14. The summed E-state index contributed by atoms with van der Waals surface area (Å²) in [6.07, 6.45) is 2.17. The number of ether oxygens (including phenoxy) is 1. The van der Waals surface area contributed by atoms with E-state index in [0.717, 1.165) is 15.9 Å². The molecular weight excluding hydrogens is 362 g/mol. The number of methoxy groups -OCH3 is 1. The van der Waals surface area contributed by atoms with Crippen LogP contribution in [0.15, 0.2) is 40.2 Å². The Morgan fingerprint density at radius 2 is 1.86 bits per heavy atom. The van der Waals surface area contributed by atoms with Crippen molar-refractivity contribution in [3.05, 3.63) is 57.0 Å². The first-order valence-corrected chi connectivity index (χ1v) is 9.06. The second-order valence-corrected chi connectivity index (χ2v) is 6.50. The van der Waals surface area contributed by atoms with E-state index in [0.29, 0.717) is 30.7 Å². The average molecular weight is 385 g/mol. The number of imidazole rings is 1. The number of rotatable bonds is 8. The first-order valence-electron chi connectivity index (χ1n) is 9.06. The highest BCUT2D eigenvalue weighted by atomic mass is 16.5. The van der Waals surface area contributed by atoms with Gasteiger partial charge in [0, 0.05) is 26.1 Å². The summed E-state index contributed by atoms with van der Waals surface area (Å²) in [5, 5.41) is 0. The summed E-state index contributed by atoms with van der Waals surface area (Å²) in [4.78, 5) is 41.2. The molecule has 0 saturated carbocycles. The van der Waals surface area contributed by atoms with Gasteiger partial charge in [0.1, 0.15) is 5.75 Å². The van der Waals surface area contributed by atoms with E-state index >= 15 is 0 Å². The summed E-state index contributed by atoms with van der Waals surface area (Å²) in [5.41, 5.74) is 5.88. The van der Waals surface area contributed by atoms with E-state index in [9.17, 15) is 14.4 Å². The Kier molecular flexibility index (Phi) is 5.62. The van der Waals surface area contributed by atoms with E-state index in [2.05, 4.69) is 4.98 Å².